The van der Waals surface area contributed by atoms with Crippen LogP contribution in [0.15, 0.2) is 36.2 Å². The van der Waals surface area contributed by atoms with Crippen LogP contribution >= 0.6 is 0 Å². The maximum atomic E-state index is 11.5. The fourth-order valence-electron chi connectivity index (χ4n) is 9.51. The van der Waals surface area contributed by atoms with Crippen molar-refractivity contribution < 1.29 is 14.9 Å². The number of aliphatic hydroxyl groups is 2. The Morgan fingerprint density at radius 1 is 1.00 bits per heavy atom. The molecular formula is C33H51NO3. The van der Waals surface area contributed by atoms with Gasteiger partial charge in [-0.15, -0.1) is 0 Å². The molecular weight excluding hydrogens is 458 g/mol. The number of rotatable bonds is 8. The number of hydrogen-bond acceptors (Lipinski definition) is 4. The highest BCUT2D eigenvalue weighted by Crippen LogP contribution is 2.67. The average molecular weight is 510 g/mol. The predicted octanol–water partition coefficient (Wildman–Crippen LogP) is 6.95. The zero-order valence-corrected chi connectivity index (χ0v) is 23.9. The van der Waals surface area contributed by atoms with Gasteiger partial charge in [0.05, 0.1) is 18.8 Å². The van der Waals surface area contributed by atoms with Gasteiger partial charge in [-0.2, -0.15) is 0 Å². The number of aromatic nitrogens is 1. The molecule has 0 bridgehead atoms. The van der Waals surface area contributed by atoms with Crippen LogP contribution < -0.4 is 0 Å². The largest absolute Gasteiger partial charge is 0.393 e. The van der Waals surface area contributed by atoms with Crippen molar-refractivity contribution in [3.63, 3.8) is 0 Å². The monoisotopic (exact) mass is 509 g/mol. The number of allylic oxidation sites excluding steroid dienone is 1. The van der Waals surface area contributed by atoms with Crippen molar-refractivity contribution in [2.24, 2.45) is 46.3 Å². The first-order chi connectivity index (χ1) is 17.6. The molecule has 1 aromatic rings. The zero-order chi connectivity index (χ0) is 26.4. The van der Waals surface area contributed by atoms with Crippen molar-refractivity contribution in [1.82, 2.24) is 4.98 Å². The van der Waals surface area contributed by atoms with Gasteiger partial charge in [-0.05, 0) is 127 Å². The molecule has 3 saturated carbocycles. The summed E-state index contributed by atoms with van der Waals surface area (Å²) >= 11 is 0. The first-order valence-corrected chi connectivity index (χ1v) is 15.2. The Labute approximate surface area is 225 Å². The summed E-state index contributed by atoms with van der Waals surface area (Å²) in [5, 5.41) is 21.9. The minimum Gasteiger partial charge on any atom is -0.393 e. The summed E-state index contributed by atoms with van der Waals surface area (Å²) in [6.45, 7) is 12.3. The van der Waals surface area contributed by atoms with E-state index in [1.54, 1.807) is 12.4 Å². The third-order valence-corrected chi connectivity index (χ3v) is 11.8. The third kappa shape index (κ3) is 4.96. The fourth-order valence-corrected chi connectivity index (χ4v) is 9.51. The SMILES string of the molecule is CC(C)[C@@H](O)CC[C@@H](C)[C@H]1CC[C@H]2[C@@H]3CC=C4[C@@H](O)[C@@H](OCc5ccncc5)CC[C@]4(C)[C@H]3CC[C@]12C. The van der Waals surface area contributed by atoms with Gasteiger partial charge in [0.1, 0.15) is 6.10 Å². The Morgan fingerprint density at radius 2 is 1.76 bits per heavy atom. The minimum absolute atomic E-state index is 0.102. The molecule has 0 aliphatic heterocycles. The van der Waals surface area contributed by atoms with Gasteiger partial charge in [-0.25, -0.2) is 0 Å². The van der Waals surface area contributed by atoms with Crippen LogP contribution in [0.25, 0.3) is 0 Å². The van der Waals surface area contributed by atoms with Gasteiger partial charge in [-0.1, -0.05) is 40.7 Å². The lowest BCUT2D eigenvalue weighted by molar-refractivity contribution is -0.100. The van der Waals surface area contributed by atoms with Crippen molar-refractivity contribution in [2.75, 3.05) is 0 Å². The van der Waals surface area contributed by atoms with E-state index in [0.717, 1.165) is 55.4 Å². The zero-order valence-electron chi connectivity index (χ0n) is 23.9. The van der Waals surface area contributed by atoms with Crippen LogP contribution in [0.3, 0.4) is 0 Å². The Morgan fingerprint density at radius 3 is 2.49 bits per heavy atom. The molecule has 37 heavy (non-hydrogen) atoms. The van der Waals surface area contributed by atoms with E-state index in [4.69, 9.17) is 4.74 Å². The van der Waals surface area contributed by atoms with Crippen LogP contribution in [0.4, 0.5) is 0 Å². The molecule has 4 aliphatic rings. The number of nitrogens with zero attached hydrogens (tertiary/aromatic N) is 1. The number of ether oxygens (including phenoxy) is 1. The van der Waals surface area contributed by atoms with Gasteiger partial charge in [0, 0.05) is 12.4 Å². The van der Waals surface area contributed by atoms with Crippen LogP contribution in [0.5, 0.6) is 0 Å². The number of fused-ring (bicyclic) bond motifs is 5. The average Bonchev–Trinajstić information content (AvgIpc) is 3.24. The van der Waals surface area contributed by atoms with Crippen LogP contribution in [0.1, 0.15) is 98.0 Å². The van der Waals surface area contributed by atoms with E-state index in [2.05, 4.69) is 45.7 Å². The molecule has 0 spiro atoms. The Balaban J connectivity index is 1.27. The van der Waals surface area contributed by atoms with E-state index < -0.39 is 6.10 Å². The molecule has 4 heteroatoms. The van der Waals surface area contributed by atoms with E-state index in [0.29, 0.717) is 29.8 Å². The normalized spacial score (nSPS) is 40.9. The third-order valence-electron chi connectivity index (χ3n) is 11.8. The molecule has 0 aromatic carbocycles. The summed E-state index contributed by atoms with van der Waals surface area (Å²) in [5.74, 6) is 4.02. The summed E-state index contributed by atoms with van der Waals surface area (Å²) in [6, 6.07) is 3.98. The number of pyridine rings is 1. The van der Waals surface area contributed by atoms with Gasteiger partial charge < -0.3 is 14.9 Å². The van der Waals surface area contributed by atoms with Crippen LogP contribution in [-0.4, -0.2) is 33.5 Å². The highest BCUT2D eigenvalue weighted by molar-refractivity contribution is 5.29. The van der Waals surface area contributed by atoms with E-state index in [-0.39, 0.29) is 17.6 Å². The molecule has 206 valence electrons. The molecule has 0 saturated heterocycles. The molecule has 1 aromatic heterocycles. The molecule has 2 N–H and O–H groups in total. The predicted molar refractivity (Wildman–Crippen MR) is 149 cm³/mol. The summed E-state index contributed by atoms with van der Waals surface area (Å²) in [6.07, 6.45) is 15.9. The quantitative estimate of drug-likeness (QED) is 0.372. The van der Waals surface area contributed by atoms with E-state index in [1.165, 1.54) is 31.3 Å². The van der Waals surface area contributed by atoms with Gasteiger partial charge in [0.25, 0.3) is 0 Å². The molecule has 0 unspecified atom stereocenters. The summed E-state index contributed by atoms with van der Waals surface area (Å²) < 4.78 is 6.26. The lowest BCUT2D eigenvalue weighted by Gasteiger charge is -2.59. The molecule has 10 atom stereocenters. The van der Waals surface area contributed by atoms with Crippen molar-refractivity contribution in [3.05, 3.63) is 41.7 Å². The van der Waals surface area contributed by atoms with Crippen LogP contribution in [0, 0.1) is 46.3 Å². The van der Waals surface area contributed by atoms with Crippen molar-refractivity contribution >= 4 is 0 Å². The maximum Gasteiger partial charge on any atom is 0.102 e. The molecule has 0 amide bonds. The standard InChI is InChI=1S/C33H51NO3/c1-21(2)29(35)11-6-22(3)25-9-10-26-24-7-8-28-31(36)30(37-20-23-14-18-34-19-15-23)13-17-33(28,5)27(24)12-16-32(25,26)4/h8,14-15,18-19,21-22,24-27,29-31,35-36H,6-7,9-13,16-17,20H2,1-5H3/t22-,24+,25-,26+,27+,29+,30+,31-,32-,33-/m1/s1. The summed E-state index contributed by atoms with van der Waals surface area (Å²) in [5.41, 5.74) is 2.91. The molecule has 5 rings (SSSR count). The Bertz CT molecular complexity index is 946. The highest BCUT2D eigenvalue weighted by atomic mass is 16.5. The van der Waals surface area contributed by atoms with Gasteiger partial charge in [0.15, 0.2) is 0 Å². The van der Waals surface area contributed by atoms with Crippen LogP contribution in [-0.2, 0) is 11.3 Å². The maximum absolute atomic E-state index is 11.5. The molecule has 1 heterocycles. The van der Waals surface area contributed by atoms with Crippen LogP contribution in [0.2, 0.25) is 0 Å². The van der Waals surface area contributed by atoms with Gasteiger partial charge >= 0.3 is 0 Å². The lowest BCUT2D eigenvalue weighted by Crippen LogP contribution is -2.54. The summed E-state index contributed by atoms with van der Waals surface area (Å²) in [4.78, 5) is 4.10. The molecule has 3 fully saturated rings. The Kier molecular flexibility index (Phi) is 7.93. The van der Waals surface area contributed by atoms with E-state index >= 15 is 0 Å². The first-order valence-electron chi connectivity index (χ1n) is 15.2. The lowest BCUT2D eigenvalue weighted by atomic mass is 9.46. The van der Waals surface area contributed by atoms with Crippen molar-refractivity contribution in [2.45, 2.75) is 117 Å². The molecule has 4 nitrogen and oxygen atoms in total. The second-order valence-electron chi connectivity index (χ2n) is 14.0. The Hall–Kier alpha value is -1.23. The fraction of sp³-hybridized carbons (Fsp3) is 0.788. The minimum atomic E-state index is -0.487. The van der Waals surface area contributed by atoms with E-state index in [9.17, 15) is 10.2 Å². The topological polar surface area (TPSA) is 62.6 Å². The molecule has 4 aliphatic carbocycles. The van der Waals surface area contributed by atoms with Gasteiger partial charge in [-0.3, -0.25) is 4.98 Å². The van der Waals surface area contributed by atoms with E-state index in [1.807, 2.05) is 12.1 Å². The van der Waals surface area contributed by atoms with Gasteiger partial charge in [0.2, 0.25) is 0 Å². The van der Waals surface area contributed by atoms with Crippen molar-refractivity contribution in [1.29, 1.82) is 0 Å². The number of hydrogen-bond donors (Lipinski definition) is 2. The smallest absolute Gasteiger partial charge is 0.102 e. The first kappa shape index (κ1) is 27.3. The molecule has 0 radical (unpaired) electrons. The van der Waals surface area contributed by atoms with Crippen molar-refractivity contribution in [3.8, 4) is 0 Å². The second kappa shape index (κ2) is 10.7. The second-order valence-corrected chi connectivity index (χ2v) is 14.0. The summed E-state index contributed by atoms with van der Waals surface area (Å²) in [7, 11) is 0. The number of aliphatic hydroxyl groups excluding tert-OH is 2. The highest BCUT2D eigenvalue weighted by Gasteiger charge is 2.60.